The Hall–Kier alpha value is -2.51. The molecular weight excluding hydrogens is 325 g/mol. The summed E-state index contributed by atoms with van der Waals surface area (Å²) in [4.78, 5) is 10.5. The van der Waals surface area contributed by atoms with Crippen molar-refractivity contribution in [1.82, 2.24) is 9.78 Å². The summed E-state index contributed by atoms with van der Waals surface area (Å²) in [7, 11) is 1.77. The summed E-state index contributed by atoms with van der Waals surface area (Å²) in [5.41, 5.74) is 2.26. The van der Waals surface area contributed by atoms with Crippen LogP contribution >= 0.6 is 0 Å². The second-order valence-electron chi connectivity index (χ2n) is 5.32. The van der Waals surface area contributed by atoms with Gasteiger partial charge in [-0.1, -0.05) is 0 Å². The van der Waals surface area contributed by atoms with Gasteiger partial charge >= 0.3 is 12.3 Å². The maximum Gasteiger partial charge on any atom is 0.573 e. The van der Waals surface area contributed by atoms with Gasteiger partial charge < -0.3 is 9.84 Å². The molecule has 1 N–H and O–H groups in total. The topological polar surface area (TPSA) is 64.4 Å². The van der Waals surface area contributed by atoms with Crippen molar-refractivity contribution in [2.75, 3.05) is 0 Å². The molecule has 24 heavy (non-hydrogen) atoms. The number of carbonyl (C=O) groups is 1. The van der Waals surface area contributed by atoms with E-state index in [1.165, 1.54) is 24.3 Å². The largest absolute Gasteiger partial charge is 0.573 e. The van der Waals surface area contributed by atoms with Crippen molar-refractivity contribution < 1.29 is 27.8 Å². The number of carboxylic acids is 1. The van der Waals surface area contributed by atoms with Crippen LogP contribution in [0.3, 0.4) is 0 Å². The van der Waals surface area contributed by atoms with Gasteiger partial charge in [0.25, 0.3) is 0 Å². The highest BCUT2D eigenvalue weighted by molar-refractivity contribution is 5.66. The Kier molecular flexibility index (Phi) is 5.48. The van der Waals surface area contributed by atoms with E-state index in [0.29, 0.717) is 24.1 Å². The van der Waals surface area contributed by atoms with Gasteiger partial charge in [0.1, 0.15) is 5.75 Å². The first-order valence-electron chi connectivity index (χ1n) is 7.35. The number of alkyl halides is 3. The summed E-state index contributed by atoms with van der Waals surface area (Å²) in [5.74, 6) is -1.10. The Morgan fingerprint density at radius 2 is 1.92 bits per heavy atom. The van der Waals surface area contributed by atoms with Crippen molar-refractivity contribution in [3.05, 3.63) is 36.0 Å². The molecule has 0 saturated carbocycles. The number of carboxylic acid groups (broad SMARTS) is 1. The first-order chi connectivity index (χ1) is 11.2. The van der Waals surface area contributed by atoms with Crippen molar-refractivity contribution in [1.29, 1.82) is 0 Å². The normalized spacial score (nSPS) is 11.5. The van der Waals surface area contributed by atoms with Gasteiger partial charge in [0.05, 0.1) is 5.69 Å². The van der Waals surface area contributed by atoms with E-state index in [2.05, 4.69) is 9.84 Å². The standard InChI is InChI=1S/C16H17F3N2O3/c1-21-12(4-2-3-5-15(22)23)10-14(20-21)11-6-8-13(9-7-11)24-16(17,18)19/h6-10H,2-5H2,1H3,(H,22,23). The minimum absolute atomic E-state index is 0.130. The van der Waals surface area contributed by atoms with Crippen LogP contribution in [0, 0.1) is 0 Å². The van der Waals surface area contributed by atoms with Crippen LogP contribution in [0.25, 0.3) is 11.3 Å². The molecule has 0 fully saturated rings. The van der Waals surface area contributed by atoms with E-state index in [1.807, 2.05) is 6.07 Å². The van der Waals surface area contributed by atoms with Gasteiger partial charge in [-0.2, -0.15) is 5.10 Å². The second-order valence-corrected chi connectivity index (χ2v) is 5.32. The van der Waals surface area contributed by atoms with E-state index in [0.717, 1.165) is 12.1 Å². The van der Waals surface area contributed by atoms with Gasteiger partial charge in [-0.15, -0.1) is 13.2 Å². The molecule has 0 unspecified atom stereocenters. The van der Waals surface area contributed by atoms with Crippen LogP contribution in [0.15, 0.2) is 30.3 Å². The Balaban J connectivity index is 2.02. The summed E-state index contributed by atoms with van der Waals surface area (Å²) >= 11 is 0. The van der Waals surface area contributed by atoms with E-state index >= 15 is 0 Å². The Morgan fingerprint density at radius 3 is 2.50 bits per heavy atom. The summed E-state index contributed by atoms with van der Waals surface area (Å²) in [6.07, 6.45) is -2.59. The predicted molar refractivity (Wildman–Crippen MR) is 80.5 cm³/mol. The number of benzene rings is 1. The molecule has 1 aromatic heterocycles. The Bertz CT molecular complexity index is 694. The molecule has 1 heterocycles. The molecular formula is C16H17F3N2O3. The van der Waals surface area contributed by atoms with E-state index in [-0.39, 0.29) is 12.2 Å². The third-order valence-corrected chi connectivity index (χ3v) is 3.43. The number of halogens is 3. The third kappa shape index (κ3) is 5.29. The minimum atomic E-state index is -4.71. The van der Waals surface area contributed by atoms with Gasteiger partial charge in [0.2, 0.25) is 0 Å². The van der Waals surface area contributed by atoms with Gasteiger partial charge in [-0.3, -0.25) is 9.48 Å². The zero-order valence-electron chi connectivity index (χ0n) is 13.0. The highest BCUT2D eigenvalue weighted by Gasteiger charge is 2.31. The summed E-state index contributed by atoms with van der Waals surface area (Å²) in [6.45, 7) is 0. The maximum absolute atomic E-state index is 12.1. The molecule has 0 aliphatic rings. The number of rotatable bonds is 7. The Labute approximate surface area is 136 Å². The van der Waals surface area contributed by atoms with Gasteiger partial charge in [-0.05, 0) is 49.6 Å². The molecule has 2 aromatic rings. The second kappa shape index (κ2) is 7.37. The summed E-state index contributed by atoms with van der Waals surface area (Å²) in [5, 5.41) is 12.9. The zero-order chi connectivity index (χ0) is 17.7. The van der Waals surface area contributed by atoms with Gasteiger partial charge in [0, 0.05) is 24.7 Å². The van der Waals surface area contributed by atoms with E-state index in [1.54, 1.807) is 11.7 Å². The fraction of sp³-hybridized carbons (Fsp3) is 0.375. The molecule has 5 nitrogen and oxygen atoms in total. The van der Waals surface area contributed by atoms with Gasteiger partial charge in [0.15, 0.2) is 0 Å². The van der Waals surface area contributed by atoms with Crippen LogP contribution in [-0.4, -0.2) is 27.2 Å². The molecule has 0 aliphatic heterocycles. The van der Waals surface area contributed by atoms with Crippen LogP contribution in [0.1, 0.15) is 25.0 Å². The molecule has 0 atom stereocenters. The van der Waals surface area contributed by atoms with Crippen molar-refractivity contribution in [2.45, 2.75) is 32.0 Å². The number of aryl methyl sites for hydroxylation is 2. The number of ether oxygens (including phenoxy) is 1. The van der Waals surface area contributed by atoms with Crippen molar-refractivity contribution in [3.8, 4) is 17.0 Å². The number of unbranched alkanes of at least 4 members (excludes halogenated alkanes) is 1. The smallest absolute Gasteiger partial charge is 0.481 e. The summed E-state index contributed by atoms with van der Waals surface area (Å²) in [6, 6.07) is 7.35. The van der Waals surface area contributed by atoms with Crippen LogP contribution in [0.2, 0.25) is 0 Å². The minimum Gasteiger partial charge on any atom is -0.481 e. The fourth-order valence-corrected chi connectivity index (χ4v) is 2.29. The van der Waals surface area contributed by atoms with Crippen molar-refractivity contribution >= 4 is 5.97 Å². The molecule has 0 spiro atoms. The average molecular weight is 342 g/mol. The van der Waals surface area contributed by atoms with E-state index in [9.17, 15) is 18.0 Å². The van der Waals surface area contributed by atoms with E-state index in [4.69, 9.17) is 5.11 Å². The quantitative estimate of drug-likeness (QED) is 0.778. The monoisotopic (exact) mass is 342 g/mol. The first-order valence-corrected chi connectivity index (χ1v) is 7.35. The molecule has 2 rings (SSSR count). The predicted octanol–water partition coefficient (Wildman–Crippen LogP) is 3.78. The molecule has 0 aliphatic carbocycles. The number of hydrogen-bond acceptors (Lipinski definition) is 3. The molecule has 0 radical (unpaired) electrons. The van der Waals surface area contributed by atoms with Crippen LogP contribution in [-0.2, 0) is 18.3 Å². The third-order valence-electron chi connectivity index (χ3n) is 3.43. The maximum atomic E-state index is 12.1. The molecule has 8 heteroatoms. The van der Waals surface area contributed by atoms with E-state index < -0.39 is 12.3 Å². The lowest BCUT2D eigenvalue weighted by Crippen LogP contribution is -2.16. The number of aromatic nitrogens is 2. The van der Waals surface area contributed by atoms with Crippen molar-refractivity contribution in [2.24, 2.45) is 7.05 Å². The van der Waals surface area contributed by atoms with Crippen LogP contribution in [0.5, 0.6) is 5.75 Å². The fourth-order valence-electron chi connectivity index (χ4n) is 2.29. The highest BCUT2D eigenvalue weighted by Crippen LogP contribution is 2.26. The number of nitrogens with zero attached hydrogens (tertiary/aromatic N) is 2. The zero-order valence-corrected chi connectivity index (χ0v) is 13.0. The lowest BCUT2D eigenvalue weighted by Gasteiger charge is -2.08. The van der Waals surface area contributed by atoms with Crippen LogP contribution in [0.4, 0.5) is 13.2 Å². The lowest BCUT2D eigenvalue weighted by atomic mass is 10.1. The Morgan fingerprint density at radius 1 is 1.25 bits per heavy atom. The lowest BCUT2D eigenvalue weighted by molar-refractivity contribution is -0.274. The first kappa shape index (κ1) is 17.8. The summed E-state index contributed by atoms with van der Waals surface area (Å²) < 4.78 is 42.0. The molecule has 1 aromatic carbocycles. The van der Waals surface area contributed by atoms with Crippen molar-refractivity contribution in [3.63, 3.8) is 0 Å². The molecule has 0 bridgehead atoms. The van der Waals surface area contributed by atoms with Gasteiger partial charge in [-0.25, -0.2) is 0 Å². The molecule has 0 amide bonds. The average Bonchev–Trinajstić information content (AvgIpc) is 2.84. The molecule has 0 saturated heterocycles. The highest BCUT2D eigenvalue weighted by atomic mass is 19.4. The number of aliphatic carboxylic acids is 1. The van der Waals surface area contributed by atoms with Crippen LogP contribution < -0.4 is 4.74 Å². The number of hydrogen-bond donors (Lipinski definition) is 1. The SMILES string of the molecule is Cn1nc(-c2ccc(OC(F)(F)F)cc2)cc1CCCCC(=O)O. The molecule has 130 valence electrons.